The Balaban J connectivity index is 1.61. The van der Waals surface area contributed by atoms with Crippen molar-refractivity contribution in [2.24, 2.45) is 0 Å². The number of likely N-dealkylation sites (tertiary alicyclic amines) is 1. The molecule has 1 N–H and O–H groups in total. The van der Waals surface area contributed by atoms with Crippen LogP contribution in [0.2, 0.25) is 0 Å². The van der Waals surface area contributed by atoms with Gasteiger partial charge < -0.3 is 14.6 Å². The molecule has 0 saturated carbocycles. The van der Waals surface area contributed by atoms with Crippen LogP contribution in [0.3, 0.4) is 0 Å². The zero-order chi connectivity index (χ0) is 19.0. The molecule has 4 rings (SSSR count). The smallest absolute Gasteiger partial charge is 0.328 e. The lowest BCUT2D eigenvalue weighted by Crippen LogP contribution is -2.53. The van der Waals surface area contributed by atoms with Crippen molar-refractivity contribution < 1.29 is 14.3 Å². The van der Waals surface area contributed by atoms with E-state index in [1.807, 2.05) is 18.2 Å². The first-order valence-corrected chi connectivity index (χ1v) is 9.78. The molecule has 1 unspecified atom stereocenters. The Morgan fingerprint density at radius 3 is 2.85 bits per heavy atom. The fraction of sp³-hybridized carbons (Fsp3) is 0.524. The van der Waals surface area contributed by atoms with Crippen LogP contribution < -0.4 is 0 Å². The minimum atomic E-state index is -0.561. The van der Waals surface area contributed by atoms with Crippen LogP contribution in [0, 0.1) is 0 Å². The average molecular weight is 369 g/mol. The van der Waals surface area contributed by atoms with Crippen molar-refractivity contribution >= 4 is 22.8 Å². The number of fused-ring (bicyclic) bond motifs is 3. The summed E-state index contributed by atoms with van der Waals surface area (Å²) in [5, 5.41) is 1.12. The molecule has 6 nitrogen and oxygen atoms in total. The van der Waals surface area contributed by atoms with Gasteiger partial charge in [0.25, 0.3) is 0 Å². The standard InChI is InChI=1S/C21H27N3O3/c1-14-7-5-6-10-23(14)13-20(25)24-12-18-16(11-19(24)21(26)27-2)15-8-3-4-9-17(15)22-18/h3-4,8-9,14,19,22H,5-7,10-13H2,1-2H3/t14?,19-/m0/s1. The van der Waals surface area contributed by atoms with Gasteiger partial charge in [0, 0.05) is 29.1 Å². The summed E-state index contributed by atoms with van der Waals surface area (Å²) in [4.78, 5) is 33.0. The molecular formula is C21H27N3O3. The number of ether oxygens (including phenoxy) is 1. The van der Waals surface area contributed by atoms with E-state index < -0.39 is 6.04 Å². The number of esters is 1. The summed E-state index contributed by atoms with van der Waals surface area (Å²) in [6, 6.07) is 7.93. The molecule has 1 amide bonds. The van der Waals surface area contributed by atoms with Gasteiger partial charge in [0.15, 0.2) is 0 Å². The summed E-state index contributed by atoms with van der Waals surface area (Å²) < 4.78 is 5.03. The molecular weight excluding hydrogens is 342 g/mol. The number of hydrogen-bond donors (Lipinski definition) is 1. The van der Waals surface area contributed by atoms with Crippen LogP contribution in [0.5, 0.6) is 0 Å². The number of benzene rings is 1. The van der Waals surface area contributed by atoms with Crippen molar-refractivity contribution in [2.75, 3.05) is 20.2 Å². The van der Waals surface area contributed by atoms with Crippen LogP contribution >= 0.6 is 0 Å². The highest BCUT2D eigenvalue weighted by Gasteiger charge is 2.37. The molecule has 1 fully saturated rings. The molecule has 2 aliphatic heterocycles. The summed E-state index contributed by atoms with van der Waals surface area (Å²) in [7, 11) is 1.39. The largest absolute Gasteiger partial charge is 0.467 e. The maximum Gasteiger partial charge on any atom is 0.328 e. The van der Waals surface area contributed by atoms with Gasteiger partial charge in [0.2, 0.25) is 5.91 Å². The Bertz CT molecular complexity index is 859. The van der Waals surface area contributed by atoms with Gasteiger partial charge in [-0.15, -0.1) is 0 Å². The maximum atomic E-state index is 13.1. The second-order valence-corrected chi connectivity index (χ2v) is 7.71. The van der Waals surface area contributed by atoms with E-state index in [9.17, 15) is 9.59 Å². The molecule has 27 heavy (non-hydrogen) atoms. The Morgan fingerprint density at radius 1 is 1.26 bits per heavy atom. The van der Waals surface area contributed by atoms with Crippen LogP contribution in [0.25, 0.3) is 10.9 Å². The van der Waals surface area contributed by atoms with Crippen LogP contribution in [0.1, 0.15) is 37.4 Å². The summed E-state index contributed by atoms with van der Waals surface area (Å²) in [5.74, 6) is -0.338. The van der Waals surface area contributed by atoms with E-state index in [0.29, 0.717) is 25.6 Å². The lowest BCUT2D eigenvalue weighted by atomic mass is 9.96. The van der Waals surface area contributed by atoms with E-state index in [-0.39, 0.29) is 11.9 Å². The van der Waals surface area contributed by atoms with E-state index in [1.165, 1.54) is 13.5 Å². The third kappa shape index (κ3) is 3.34. The van der Waals surface area contributed by atoms with Gasteiger partial charge in [-0.2, -0.15) is 0 Å². The van der Waals surface area contributed by atoms with Gasteiger partial charge in [0.1, 0.15) is 6.04 Å². The number of hydrogen-bond acceptors (Lipinski definition) is 4. The number of carbonyl (C=O) groups excluding carboxylic acids is 2. The van der Waals surface area contributed by atoms with Gasteiger partial charge >= 0.3 is 5.97 Å². The molecule has 2 aromatic rings. The van der Waals surface area contributed by atoms with Crippen LogP contribution in [-0.4, -0.2) is 58.9 Å². The molecule has 0 bridgehead atoms. The SMILES string of the molecule is COC(=O)[C@@H]1Cc2c([nH]c3ccccc23)CN1C(=O)CN1CCCCC1C. The first kappa shape index (κ1) is 18.0. The molecule has 0 spiro atoms. The van der Waals surface area contributed by atoms with Crippen LogP contribution in [-0.2, 0) is 27.3 Å². The fourth-order valence-corrected chi connectivity index (χ4v) is 4.47. The van der Waals surface area contributed by atoms with Crippen molar-refractivity contribution in [3.05, 3.63) is 35.5 Å². The lowest BCUT2D eigenvalue weighted by Gasteiger charge is -2.38. The van der Waals surface area contributed by atoms with Gasteiger partial charge in [-0.1, -0.05) is 24.6 Å². The summed E-state index contributed by atoms with van der Waals surface area (Å²) >= 11 is 0. The molecule has 3 heterocycles. The number of aromatic amines is 1. The van der Waals surface area contributed by atoms with E-state index >= 15 is 0 Å². The highest BCUT2D eigenvalue weighted by Crippen LogP contribution is 2.31. The first-order valence-electron chi connectivity index (χ1n) is 9.78. The molecule has 0 radical (unpaired) electrons. The quantitative estimate of drug-likeness (QED) is 0.844. The molecule has 0 aliphatic carbocycles. The Morgan fingerprint density at radius 2 is 2.07 bits per heavy atom. The molecule has 2 atom stereocenters. The van der Waals surface area contributed by atoms with E-state index in [1.54, 1.807) is 4.90 Å². The molecule has 1 aromatic carbocycles. The van der Waals surface area contributed by atoms with Gasteiger partial charge in [-0.05, 0) is 37.9 Å². The number of para-hydroxylation sites is 1. The van der Waals surface area contributed by atoms with Crippen molar-refractivity contribution in [1.29, 1.82) is 0 Å². The summed E-state index contributed by atoms with van der Waals surface area (Å²) in [6.07, 6.45) is 3.97. The maximum absolute atomic E-state index is 13.1. The van der Waals surface area contributed by atoms with Crippen molar-refractivity contribution in [3.8, 4) is 0 Å². The summed E-state index contributed by atoms with van der Waals surface area (Å²) in [5.41, 5.74) is 3.19. The number of piperidine rings is 1. The van der Waals surface area contributed by atoms with Gasteiger partial charge in [-0.25, -0.2) is 4.79 Å². The average Bonchev–Trinajstić information content (AvgIpc) is 3.05. The zero-order valence-electron chi connectivity index (χ0n) is 16.0. The second kappa shape index (κ2) is 7.35. The van der Waals surface area contributed by atoms with Gasteiger partial charge in [-0.3, -0.25) is 9.69 Å². The van der Waals surface area contributed by atoms with Crippen LogP contribution in [0.4, 0.5) is 0 Å². The zero-order valence-corrected chi connectivity index (χ0v) is 16.0. The third-order valence-electron chi connectivity index (χ3n) is 6.08. The van der Waals surface area contributed by atoms with Gasteiger partial charge in [0.05, 0.1) is 20.2 Å². The second-order valence-electron chi connectivity index (χ2n) is 7.71. The Kier molecular flexibility index (Phi) is 4.91. The van der Waals surface area contributed by atoms with E-state index in [4.69, 9.17) is 4.74 Å². The van der Waals surface area contributed by atoms with E-state index in [0.717, 1.165) is 41.5 Å². The number of H-pyrrole nitrogens is 1. The molecule has 1 saturated heterocycles. The lowest BCUT2D eigenvalue weighted by molar-refractivity contribution is -0.154. The number of rotatable bonds is 3. The fourth-order valence-electron chi connectivity index (χ4n) is 4.47. The van der Waals surface area contributed by atoms with Crippen molar-refractivity contribution in [1.82, 2.24) is 14.8 Å². The first-order chi connectivity index (χ1) is 13.1. The number of aromatic nitrogens is 1. The van der Waals surface area contributed by atoms with Crippen molar-refractivity contribution in [3.63, 3.8) is 0 Å². The monoisotopic (exact) mass is 369 g/mol. The highest BCUT2D eigenvalue weighted by molar-refractivity contribution is 5.90. The number of nitrogens with one attached hydrogen (secondary N) is 1. The van der Waals surface area contributed by atoms with E-state index in [2.05, 4.69) is 22.9 Å². The number of methoxy groups -OCH3 is 1. The predicted octanol–water partition coefficient (Wildman–Crippen LogP) is 2.47. The molecule has 144 valence electrons. The third-order valence-corrected chi connectivity index (χ3v) is 6.08. The topological polar surface area (TPSA) is 65.6 Å². The molecule has 2 aliphatic rings. The minimum Gasteiger partial charge on any atom is -0.467 e. The van der Waals surface area contributed by atoms with Crippen molar-refractivity contribution in [2.45, 2.75) is 51.2 Å². The Labute approximate surface area is 159 Å². The Hall–Kier alpha value is -2.34. The van der Waals surface area contributed by atoms with Crippen LogP contribution in [0.15, 0.2) is 24.3 Å². The molecule has 6 heteroatoms. The number of carbonyl (C=O) groups is 2. The normalized spacial score (nSPS) is 23.3. The number of nitrogens with zero attached hydrogens (tertiary/aromatic N) is 2. The molecule has 1 aromatic heterocycles. The summed E-state index contributed by atoms with van der Waals surface area (Å²) in [6.45, 7) is 3.91. The highest BCUT2D eigenvalue weighted by atomic mass is 16.5. The predicted molar refractivity (Wildman–Crippen MR) is 103 cm³/mol. The minimum absolute atomic E-state index is 0.00320. The number of amides is 1.